The van der Waals surface area contributed by atoms with Crippen LogP contribution in [0.3, 0.4) is 0 Å². The molecule has 0 N–H and O–H groups in total. The van der Waals surface area contributed by atoms with Crippen molar-refractivity contribution in [1.82, 2.24) is 4.98 Å². The Morgan fingerprint density at radius 3 is 1.92 bits per heavy atom. The summed E-state index contributed by atoms with van der Waals surface area (Å²) in [4.78, 5) is 16.2. The van der Waals surface area contributed by atoms with Crippen LogP contribution in [0.4, 0.5) is 0 Å². The molecule has 0 atom stereocenters. The van der Waals surface area contributed by atoms with Gasteiger partial charge in [-0.15, -0.1) is 0 Å². The van der Waals surface area contributed by atoms with Crippen LogP contribution in [0, 0.1) is 0 Å². The second kappa shape index (κ2) is 7.88. The van der Waals surface area contributed by atoms with Gasteiger partial charge in [-0.25, -0.2) is 4.79 Å². The summed E-state index contributed by atoms with van der Waals surface area (Å²) in [6, 6.07) is 23.1. The van der Waals surface area contributed by atoms with Crippen LogP contribution in [-0.4, -0.2) is 11.0 Å². The number of benzene rings is 2. The number of carbonyl (C=O) groups excluding carboxylic acids is 1. The average Bonchev–Trinajstić information content (AvgIpc) is 2.67. The zero-order chi connectivity index (χ0) is 16.6. The van der Waals surface area contributed by atoms with Gasteiger partial charge in [-0.2, -0.15) is 0 Å². The molecule has 0 saturated heterocycles. The van der Waals surface area contributed by atoms with Crippen molar-refractivity contribution in [3.05, 3.63) is 108 Å². The smallest absolute Gasteiger partial charge is 0.331 e. The minimum atomic E-state index is -0.429. The van der Waals surface area contributed by atoms with Crippen LogP contribution in [0.1, 0.15) is 22.8 Å². The third-order valence-electron chi connectivity index (χ3n) is 3.56. The molecule has 0 aliphatic carbocycles. The summed E-state index contributed by atoms with van der Waals surface area (Å²) in [5, 5.41) is 0. The Kier molecular flexibility index (Phi) is 5.15. The van der Waals surface area contributed by atoms with Crippen LogP contribution < -0.4 is 0 Å². The van der Waals surface area contributed by atoms with Gasteiger partial charge in [0.2, 0.25) is 0 Å². The molecule has 0 aliphatic heterocycles. The first kappa shape index (κ1) is 15.7. The van der Waals surface area contributed by atoms with Gasteiger partial charge in [-0.1, -0.05) is 60.7 Å². The molecule has 3 heteroatoms. The van der Waals surface area contributed by atoms with E-state index in [1.807, 2.05) is 72.8 Å². The maximum atomic E-state index is 12.2. The van der Waals surface area contributed by atoms with Gasteiger partial charge in [0.1, 0.15) is 0 Å². The summed E-state index contributed by atoms with van der Waals surface area (Å²) >= 11 is 0. The molecule has 1 heterocycles. The Labute approximate surface area is 141 Å². The standard InChI is InChI=1S/C21H17NO2/c23-20(12-11-17-13-15-22-16-14-17)24-21(18-7-3-1-4-8-18)19-9-5-2-6-10-19/h1-16,21H/b12-11+. The summed E-state index contributed by atoms with van der Waals surface area (Å²) in [5.74, 6) is -0.385. The number of esters is 1. The number of pyridine rings is 1. The van der Waals surface area contributed by atoms with Crippen molar-refractivity contribution >= 4 is 12.0 Å². The SMILES string of the molecule is O=C(/C=C/c1ccncc1)OC(c1ccccc1)c1ccccc1. The Hall–Kier alpha value is -3.20. The molecular formula is C21H17NO2. The Balaban J connectivity index is 1.80. The average molecular weight is 315 g/mol. The highest BCUT2D eigenvalue weighted by molar-refractivity contribution is 5.87. The Morgan fingerprint density at radius 1 is 0.833 bits per heavy atom. The van der Waals surface area contributed by atoms with Crippen LogP contribution >= 0.6 is 0 Å². The predicted octanol–water partition coefficient (Wildman–Crippen LogP) is 4.43. The second-order valence-electron chi connectivity index (χ2n) is 5.25. The van der Waals surface area contributed by atoms with Gasteiger partial charge in [-0.3, -0.25) is 4.98 Å². The van der Waals surface area contributed by atoms with Crippen molar-refractivity contribution in [2.45, 2.75) is 6.10 Å². The van der Waals surface area contributed by atoms with Crippen molar-refractivity contribution in [1.29, 1.82) is 0 Å². The van der Waals surface area contributed by atoms with E-state index in [1.165, 1.54) is 6.08 Å². The molecule has 0 spiro atoms. The van der Waals surface area contributed by atoms with E-state index in [0.717, 1.165) is 16.7 Å². The highest BCUT2D eigenvalue weighted by Gasteiger charge is 2.17. The first-order valence-electron chi connectivity index (χ1n) is 7.71. The molecule has 0 radical (unpaired) electrons. The van der Waals surface area contributed by atoms with Crippen molar-refractivity contribution in [2.75, 3.05) is 0 Å². The summed E-state index contributed by atoms with van der Waals surface area (Å²) in [6.45, 7) is 0. The molecule has 0 bridgehead atoms. The maximum Gasteiger partial charge on any atom is 0.331 e. The van der Waals surface area contributed by atoms with Crippen LogP contribution in [0.2, 0.25) is 0 Å². The van der Waals surface area contributed by atoms with Crippen molar-refractivity contribution < 1.29 is 9.53 Å². The molecule has 3 aromatic rings. The molecule has 2 aromatic carbocycles. The van der Waals surface area contributed by atoms with Crippen LogP contribution in [0.25, 0.3) is 6.08 Å². The second-order valence-corrected chi connectivity index (χ2v) is 5.25. The van der Waals surface area contributed by atoms with E-state index in [1.54, 1.807) is 18.5 Å². The normalized spacial score (nSPS) is 10.9. The summed E-state index contributed by atoms with van der Waals surface area (Å²) in [5.41, 5.74) is 2.78. The van der Waals surface area contributed by atoms with Gasteiger partial charge in [-0.05, 0) is 34.9 Å². The minimum Gasteiger partial charge on any atom is -0.449 e. The van der Waals surface area contributed by atoms with E-state index < -0.39 is 6.10 Å². The highest BCUT2D eigenvalue weighted by atomic mass is 16.5. The number of rotatable bonds is 5. The largest absolute Gasteiger partial charge is 0.449 e. The lowest BCUT2D eigenvalue weighted by Gasteiger charge is -2.18. The maximum absolute atomic E-state index is 12.2. The number of hydrogen-bond acceptors (Lipinski definition) is 3. The fraction of sp³-hybridized carbons (Fsp3) is 0.0476. The summed E-state index contributed by atoms with van der Waals surface area (Å²) in [7, 11) is 0. The topological polar surface area (TPSA) is 39.2 Å². The third-order valence-corrected chi connectivity index (χ3v) is 3.56. The summed E-state index contributed by atoms with van der Waals surface area (Å²) in [6.07, 6.45) is 6.09. The Morgan fingerprint density at radius 2 is 1.38 bits per heavy atom. The number of nitrogens with zero attached hydrogens (tertiary/aromatic N) is 1. The number of hydrogen-bond donors (Lipinski definition) is 0. The van der Waals surface area contributed by atoms with E-state index >= 15 is 0 Å². The molecule has 1 aromatic heterocycles. The number of carbonyl (C=O) groups is 1. The quantitative estimate of drug-likeness (QED) is 0.516. The molecule has 3 rings (SSSR count). The molecule has 24 heavy (non-hydrogen) atoms. The molecule has 0 amide bonds. The van der Waals surface area contributed by atoms with Gasteiger partial charge in [0, 0.05) is 18.5 Å². The predicted molar refractivity (Wildman–Crippen MR) is 94.1 cm³/mol. The van der Waals surface area contributed by atoms with E-state index in [9.17, 15) is 4.79 Å². The first-order valence-corrected chi connectivity index (χ1v) is 7.71. The summed E-state index contributed by atoms with van der Waals surface area (Å²) < 4.78 is 5.70. The van der Waals surface area contributed by atoms with E-state index in [0.29, 0.717) is 0 Å². The van der Waals surface area contributed by atoms with Crippen molar-refractivity contribution in [3.8, 4) is 0 Å². The van der Waals surface area contributed by atoms with Crippen LogP contribution in [0.15, 0.2) is 91.3 Å². The molecule has 0 fully saturated rings. The fourth-order valence-corrected chi connectivity index (χ4v) is 2.38. The van der Waals surface area contributed by atoms with E-state index in [-0.39, 0.29) is 5.97 Å². The molecule has 3 nitrogen and oxygen atoms in total. The minimum absolute atomic E-state index is 0.385. The van der Waals surface area contributed by atoms with Crippen LogP contribution in [0.5, 0.6) is 0 Å². The zero-order valence-corrected chi connectivity index (χ0v) is 13.1. The van der Waals surface area contributed by atoms with Crippen molar-refractivity contribution in [3.63, 3.8) is 0 Å². The Bertz CT molecular complexity index is 760. The third kappa shape index (κ3) is 4.17. The lowest BCUT2D eigenvalue weighted by Crippen LogP contribution is -2.10. The van der Waals surface area contributed by atoms with E-state index in [2.05, 4.69) is 4.98 Å². The molecule has 0 aliphatic rings. The monoisotopic (exact) mass is 315 g/mol. The number of ether oxygens (including phenoxy) is 1. The number of aromatic nitrogens is 1. The van der Waals surface area contributed by atoms with E-state index in [4.69, 9.17) is 4.74 Å². The van der Waals surface area contributed by atoms with Gasteiger partial charge in [0.25, 0.3) is 0 Å². The van der Waals surface area contributed by atoms with Gasteiger partial charge >= 0.3 is 5.97 Å². The molecule has 118 valence electrons. The first-order chi connectivity index (χ1) is 11.8. The highest BCUT2D eigenvalue weighted by Crippen LogP contribution is 2.26. The molecule has 0 unspecified atom stereocenters. The van der Waals surface area contributed by atoms with Gasteiger partial charge in [0.05, 0.1) is 0 Å². The lowest BCUT2D eigenvalue weighted by atomic mass is 10.0. The fourth-order valence-electron chi connectivity index (χ4n) is 2.38. The van der Waals surface area contributed by atoms with Crippen molar-refractivity contribution in [2.24, 2.45) is 0 Å². The molecule has 0 saturated carbocycles. The lowest BCUT2D eigenvalue weighted by molar-refractivity contribution is -0.141. The van der Waals surface area contributed by atoms with Gasteiger partial charge in [0.15, 0.2) is 6.10 Å². The van der Waals surface area contributed by atoms with Crippen LogP contribution in [-0.2, 0) is 9.53 Å². The zero-order valence-electron chi connectivity index (χ0n) is 13.1. The molecular weight excluding hydrogens is 298 g/mol. The van der Waals surface area contributed by atoms with Gasteiger partial charge < -0.3 is 4.74 Å².